The topological polar surface area (TPSA) is 29.1 Å². The average molecular weight is 268 g/mol. The number of carbonyl (C=O) groups is 1. The van der Waals surface area contributed by atoms with Gasteiger partial charge in [0.2, 0.25) is 0 Å². The highest BCUT2D eigenvalue weighted by molar-refractivity contribution is 6.32. The van der Waals surface area contributed by atoms with Crippen molar-refractivity contribution in [1.29, 1.82) is 0 Å². The first-order chi connectivity index (χ1) is 8.58. The van der Waals surface area contributed by atoms with Gasteiger partial charge in [-0.2, -0.15) is 0 Å². The van der Waals surface area contributed by atoms with Crippen molar-refractivity contribution in [2.45, 2.75) is 39.0 Å². The van der Waals surface area contributed by atoms with Crippen LogP contribution in [0.1, 0.15) is 39.0 Å². The predicted octanol–water partition coefficient (Wildman–Crippen LogP) is 3.94. The van der Waals surface area contributed by atoms with Crippen LogP contribution in [0.2, 0.25) is 0 Å². The van der Waals surface area contributed by atoms with Gasteiger partial charge in [0.05, 0.1) is 5.41 Å². The Morgan fingerprint density at radius 2 is 2.28 bits per heavy atom. The third-order valence-corrected chi connectivity index (χ3v) is 4.12. The monoisotopic (exact) mass is 267 g/mol. The van der Waals surface area contributed by atoms with Crippen LogP contribution in [0.5, 0.6) is 0 Å². The molecule has 0 aromatic carbocycles. The molecule has 1 saturated carbocycles. The van der Waals surface area contributed by atoms with E-state index in [1.54, 1.807) is 12.3 Å². The third-order valence-electron chi connectivity index (χ3n) is 3.77. The molecular weight excluding hydrogens is 246 g/mol. The molecule has 0 spiro atoms. The molecule has 2 nitrogen and oxygen atoms in total. The second-order valence-electron chi connectivity index (χ2n) is 4.71. The lowest BCUT2D eigenvalue weighted by atomic mass is 9.66. The molecule has 1 fully saturated rings. The molecule has 18 heavy (non-hydrogen) atoms. The Morgan fingerprint density at radius 3 is 2.83 bits per heavy atom. The molecule has 0 unspecified atom stereocenters. The zero-order valence-corrected chi connectivity index (χ0v) is 12.0. The average Bonchev–Trinajstić information content (AvgIpc) is 2.39. The second-order valence-corrected chi connectivity index (χ2v) is 5.11. The van der Waals surface area contributed by atoms with Crippen molar-refractivity contribution in [3.05, 3.63) is 35.5 Å². The summed E-state index contributed by atoms with van der Waals surface area (Å²) in [6.07, 6.45) is 9.79. The van der Waals surface area contributed by atoms with E-state index in [4.69, 9.17) is 11.6 Å². The molecular formula is C15H22ClNO. The molecule has 0 aromatic rings. The Bertz CT molecular complexity index is 384. The van der Waals surface area contributed by atoms with Gasteiger partial charge >= 0.3 is 0 Å². The number of nitrogens with one attached hydrogen (secondary N) is 1. The van der Waals surface area contributed by atoms with E-state index < -0.39 is 5.41 Å². The van der Waals surface area contributed by atoms with E-state index in [0.717, 1.165) is 31.3 Å². The van der Waals surface area contributed by atoms with Gasteiger partial charge in [0.1, 0.15) is 5.78 Å². The van der Waals surface area contributed by atoms with Gasteiger partial charge in [-0.15, -0.1) is 0 Å². The first-order valence-corrected chi connectivity index (χ1v) is 6.89. The van der Waals surface area contributed by atoms with Gasteiger partial charge in [-0.3, -0.25) is 4.79 Å². The third kappa shape index (κ3) is 3.05. The molecule has 0 aromatic heterocycles. The van der Waals surface area contributed by atoms with Crippen molar-refractivity contribution < 1.29 is 4.79 Å². The van der Waals surface area contributed by atoms with Crippen LogP contribution in [0.25, 0.3) is 0 Å². The molecule has 1 atom stereocenters. The first kappa shape index (κ1) is 15.0. The van der Waals surface area contributed by atoms with E-state index in [1.165, 1.54) is 0 Å². The molecule has 0 amide bonds. The van der Waals surface area contributed by atoms with E-state index in [9.17, 15) is 4.79 Å². The number of hydrogen-bond acceptors (Lipinski definition) is 2. The van der Waals surface area contributed by atoms with Crippen LogP contribution < -0.4 is 5.32 Å². The minimum atomic E-state index is -0.431. The summed E-state index contributed by atoms with van der Waals surface area (Å²) in [6, 6.07) is 0. The lowest BCUT2D eigenvalue weighted by Crippen LogP contribution is -2.35. The van der Waals surface area contributed by atoms with Gasteiger partial charge in [0.25, 0.3) is 0 Å². The number of halogens is 1. The molecule has 1 aliphatic rings. The predicted molar refractivity (Wildman–Crippen MR) is 77.5 cm³/mol. The van der Waals surface area contributed by atoms with Crippen LogP contribution in [0.4, 0.5) is 0 Å². The number of ketones is 1. The Hall–Kier alpha value is -1.02. The van der Waals surface area contributed by atoms with Crippen molar-refractivity contribution in [1.82, 2.24) is 5.32 Å². The molecule has 0 bridgehead atoms. The standard InChI is InChI=1S/C15H22ClNO/c1-4-15(10-6-5-9-14(15)18)12(2)13(16)8-7-11-17-3/h7-8,11,17H,2,4-6,9-10H2,1,3H3/b11-7-,13-8+/t15-/m0/s1. The van der Waals surface area contributed by atoms with Gasteiger partial charge in [-0.25, -0.2) is 0 Å². The van der Waals surface area contributed by atoms with E-state index in [1.807, 2.05) is 20.0 Å². The number of carbonyl (C=O) groups excluding carboxylic acids is 1. The summed E-state index contributed by atoms with van der Waals surface area (Å²) in [5.41, 5.74) is 0.344. The summed E-state index contributed by atoms with van der Waals surface area (Å²) in [5, 5.41) is 3.48. The quantitative estimate of drug-likeness (QED) is 0.765. The molecule has 0 saturated heterocycles. The first-order valence-electron chi connectivity index (χ1n) is 6.51. The molecule has 100 valence electrons. The van der Waals surface area contributed by atoms with Crippen LogP contribution >= 0.6 is 11.6 Å². The molecule has 0 aliphatic heterocycles. The van der Waals surface area contributed by atoms with Crippen LogP contribution in [-0.4, -0.2) is 12.8 Å². The minimum absolute atomic E-state index is 0.297. The summed E-state index contributed by atoms with van der Waals surface area (Å²) in [6.45, 7) is 6.12. The summed E-state index contributed by atoms with van der Waals surface area (Å²) in [7, 11) is 1.82. The Kier molecular flexibility index (Phi) is 5.67. The lowest BCUT2D eigenvalue weighted by Gasteiger charge is -2.36. The summed E-state index contributed by atoms with van der Waals surface area (Å²) in [4.78, 5) is 12.2. The van der Waals surface area contributed by atoms with Gasteiger partial charge < -0.3 is 5.32 Å². The fourth-order valence-electron chi connectivity index (χ4n) is 2.56. The maximum Gasteiger partial charge on any atom is 0.143 e. The van der Waals surface area contributed by atoms with Gasteiger partial charge in [-0.05, 0) is 43.2 Å². The Balaban J connectivity index is 2.94. The molecule has 0 radical (unpaired) electrons. The Morgan fingerprint density at radius 1 is 1.56 bits per heavy atom. The largest absolute Gasteiger partial charge is 0.394 e. The van der Waals surface area contributed by atoms with Crippen molar-refractivity contribution in [3.8, 4) is 0 Å². The zero-order valence-electron chi connectivity index (χ0n) is 11.3. The smallest absolute Gasteiger partial charge is 0.143 e. The molecule has 1 N–H and O–H groups in total. The van der Waals surface area contributed by atoms with E-state index >= 15 is 0 Å². The van der Waals surface area contributed by atoms with Crippen molar-refractivity contribution in [2.75, 3.05) is 7.05 Å². The van der Waals surface area contributed by atoms with Gasteiger partial charge in [0, 0.05) is 18.5 Å². The fourth-order valence-corrected chi connectivity index (χ4v) is 2.81. The van der Waals surface area contributed by atoms with E-state index in [2.05, 4.69) is 11.9 Å². The van der Waals surface area contributed by atoms with Crippen molar-refractivity contribution in [2.24, 2.45) is 5.41 Å². The SMILES string of the molecule is C=C(/C(Cl)=C\C=C/NC)[C@]1(CC)CCCCC1=O. The van der Waals surface area contributed by atoms with Crippen LogP contribution in [0, 0.1) is 5.41 Å². The summed E-state index contributed by atoms with van der Waals surface area (Å²) >= 11 is 6.26. The van der Waals surface area contributed by atoms with Gasteiger partial charge in [0.15, 0.2) is 0 Å². The normalized spacial score (nSPS) is 25.5. The number of Topliss-reactive ketones (excluding diaryl/α,β-unsaturated/α-hetero) is 1. The Labute approximate surface area is 115 Å². The maximum atomic E-state index is 12.2. The van der Waals surface area contributed by atoms with Crippen molar-refractivity contribution in [3.63, 3.8) is 0 Å². The van der Waals surface area contributed by atoms with Crippen LogP contribution in [0.15, 0.2) is 35.5 Å². The summed E-state index contributed by atoms with van der Waals surface area (Å²) < 4.78 is 0. The highest BCUT2D eigenvalue weighted by Crippen LogP contribution is 2.45. The highest BCUT2D eigenvalue weighted by Gasteiger charge is 2.41. The van der Waals surface area contributed by atoms with Crippen LogP contribution in [-0.2, 0) is 4.79 Å². The number of hydrogen-bond donors (Lipinski definition) is 1. The number of allylic oxidation sites excluding steroid dienone is 4. The summed E-state index contributed by atoms with van der Waals surface area (Å²) in [5.74, 6) is 0.297. The molecule has 3 heteroatoms. The lowest BCUT2D eigenvalue weighted by molar-refractivity contribution is -0.129. The molecule has 1 rings (SSSR count). The van der Waals surface area contributed by atoms with Crippen LogP contribution in [0.3, 0.4) is 0 Å². The molecule has 1 aliphatic carbocycles. The van der Waals surface area contributed by atoms with E-state index in [-0.39, 0.29) is 0 Å². The molecule has 0 heterocycles. The fraction of sp³-hybridized carbons (Fsp3) is 0.533. The maximum absolute atomic E-state index is 12.2. The van der Waals surface area contributed by atoms with E-state index in [0.29, 0.717) is 17.2 Å². The highest BCUT2D eigenvalue weighted by atomic mass is 35.5. The minimum Gasteiger partial charge on any atom is -0.394 e. The zero-order chi connectivity index (χ0) is 13.6. The van der Waals surface area contributed by atoms with Crippen molar-refractivity contribution >= 4 is 17.4 Å². The second kappa shape index (κ2) is 6.79. The van der Waals surface area contributed by atoms with Gasteiger partial charge in [-0.1, -0.05) is 31.5 Å². The number of rotatable bonds is 5.